The van der Waals surface area contributed by atoms with Gasteiger partial charge in [-0.05, 0) is 6.42 Å². The van der Waals surface area contributed by atoms with Gasteiger partial charge in [-0.1, -0.05) is 18.3 Å². The van der Waals surface area contributed by atoms with Gasteiger partial charge in [0.1, 0.15) is 6.04 Å². The van der Waals surface area contributed by atoms with Crippen LogP contribution < -0.4 is 5.32 Å². The Kier molecular flexibility index (Phi) is 4.16. The summed E-state index contributed by atoms with van der Waals surface area (Å²) in [5.41, 5.74) is 0.0985. The molecule has 1 rings (SSSR count). The maximum atomic E-state index is 11.6. The van der Waals surface area contributed by atoms with Crippen LogP contribution in [0.1, 0.15) is 23.7 Å². The molecule has 0 radical (unpaired) electrons. The smallest absolute Gasteiger partial charge is 0.326 e. The maximum Gasteiger partial charge on any atom is 0.326 e. The predicted molar refractivity (Wildman–Crippen MR) is 60.2 cm³/mol. The highest BCUT2D eigenvalue weighted by atomic mass is 32.1. The second kappa shape index (κ2) is 5.39. The Bertz CT molecular complexity index is 456. The number of carboxylic acids is 1. The molecular weight excluding hydrogens is 248 g/mol. The molecule has 2 N–H and O–H groups in total. The van der Waals surface area contributed by atoms with Crippen molar-refractivity contribution < 1.29 is 19.6 Å². The van der Waals surface area contributed by atoms with Crippen molar-refractivity contribution >= 4 is 28.2 Å². The zero-order valence-electron chi connectivity index (χ0n) is 8.87. The summed E-state index contributed by atoms with van der Waals surface area (Å²) < 4.78 is 0. The summed E-state index contributed by atoms with van der Waals surface area (Å²) in [7, 11) is 0. The summed E-state index contributed by atoms with van der Waals surface area (Å²) in [6, 6.07) is 0.135. The highest BCUT2D eigenvalue weighted by Gasteiger charge is 2.20. The van der Waals surface area contributed by atoms with Gasteiger partial charge in [-0.25, -0.2) is 4.79 Å². The molecular formula is C9H10N2O5S. The molecule has 0 saturated heterocycles. The van der Waals surface area contributed by atoms with Gasteiger partial charge in [0.15, 0.2) is 0 Å². The molecule has 1 unspecified atom stereocenters. The Morgan fingerprint density at radius 3 is 2.71 bits per heavy atom. The van der Waals surface area contributed by atoms with E-state index in [1.165, 1.54) is 5.38 Å². The second-order valence-corrected chi connectivity index (χ2v) is 4.09. The van der Waals surface area contributed by atoms with Gasteiger partial charge in [0.25, 0.3) is 5.91 Å². The number of hydrogen-bond acceptors (Lipinski definition) is 5. The van der Waals surface area contributed by atoms with E-state index < -0.39 is 22.8 Å². The minimum Gasteiger partial charge on any atom is -0.480 e. The SMILES string of the molecule is CCC(NC(=O)c1csc([N+](=O)[O-])c1)C(=O)O. The minimum absolute atomic E-state index is 0.0985. The number of aliphatic carboxylic acids is 1. The van der Waals surface area contributed by atoms with E-state index in [1.807, 2.05) is 0 Å². The average Bonchev–Trinajstić information content (AvgIpc) is 2.74. The van der Waals surface area contributed by atoms with Crippen LogP contribution in [0.15, 0.2) is 11.4 Å². The number of nitrogens with zero attached hydrogens (tertiary/aromatic N) is 1. The average molecular weight is 258 g/mol. The molecule has 92 valence electrons. The van der Waals surface area contributed by atoms with E-state index in [0.29, 0.717) is 0 Å². The Morgan fingerprint density at radius 2 is 2.29 bits per heavy atom. The number of nitro groups is 1. The Morgan fingerprint density at radius 1 is 1.65 bits per heavy atom. The first kappa shape index (κ1) is 13.1. The van der Waals surface area contributed by atoms with Crippen molar-refractivity contribution in [2.75, 3.05) is 0 Å². The molecule has 1 aromatic rings. The molecule has 0 aliphatic carbocycles. The summed E-state index contributed by atoms with van der Waals surface area (Å²) in [4.78, 5) is 32.1. The molecule has 1 aromatic heterocycles. The highest BCUT2D eigenvalue weighted by molar-refractivity contribution is 7.13. The van der Waals surface area contributed by atoms with Gasteiger partial charge in [0.05, 0.1) is 10.5 Å². The zero-order valence-corrected chi connectivity index (χ0v) is 9.69. The van der Waals surface area contributed by atoms with Crippen LogP contribution in [0.2, 0.25) is 0 Å². The van der Waals surface area contributed by atoms with Crippen molar-refractivity contribution in [3.8, 4) is 0 Å². The monoisotopic (exact) mass is 258 g/mol. The van der Waals surface area contributed by atoms with Crippen molar-refractivity contribution in [3.63, 3.8) is 0 Å². The van der Waals surface area contributed by atoms with Crippen molar-refractivity contribution in [1.82, 2.24) is 5.32 Å². The van der Waals surface area contributed by atoms with Crippen LogP contribution in [0.25, 0.3) is 0 Å². The van der Waals surface area contributed by atoms with E-state index >= 15 is 0 Å². The summed E-state index contributed by atoms with van der Waals surface area (Å²) in [5, 5.41) is 22.6. The van der Waals surface area contributed by atoms with Crippen molar-refractivity contribution in [2.24, 2.45) is 0 Å². The van der Waals surface area contributed by atoms with E-state index in [-0.39, 0.29) is 17.0 Å². The number of thiophene rings is 1. The van der Waals surface area contributed by atoms with Crippen molar-refractivity contribution in [1.29, 1.82) is 0 Å². The van der Waals surface area contributed by atoms with Crippen LogP contribution in [0.4, 0.5) is 5.00 Å². The van der Waals surface area contributed by atoms with Crippen LogP contribution in [0.5, 0.6) is 0 Å². The first-order chi connectivity index (χ1) is 7.95. The summed E-state index contributed by atoms with van der Waals surface area (Å²) in [6.07, 6.45) is 0.243. The van der Waals surface area contributed by atoms with Crippen LogP contribution >= 0.6 is 11.3 Å². The molecule has 17 heavy (non-hydrogen) atoms. The number of hydrogen-bond donors (Lipinski definition) is 2. The van der Waals surface area contributed by atoms with Gasteiger partial charge < -0.3 is 10.4 Å². The van der Waals surface area contributed by atoms with Crippen LogP contribution in [-0.2, 0) is 4.79 Å². The molecule has 1 amide bonds. The Labute approximate surface area is 100 Å². The van der Waals surface area contributed by atoms with Crippen molar-refractivity contribution in [2.45, 2.75) is 19.4 Å². The molecule has 1 atom stereocenters. The molecule has 8 heteroatoms. The lowest BCUT2D eigenvalue weighted by Crippen LogP contribution is -2.40. The largest absolute Gasteiger partial charge is 0.480 e. The van der Waals surface area contributed by atoms with Crippen LogP contribution in [0, 0.1) is 10.1 Å². The maximum absolute atomic E-state index is 11.6. The third kappa shape index (κ3) is 3.25. The van der Waals surface area contributed by atoms with Gasteiger partial charge in [0.2, 0.25) is 0 Å². The first-order valence-electron chi connectivity index (χ1n) is 4.72. The van der Waals surface area contributed by atoms with Gasteiger partial charge in [-0.3, -0.25) is 14.9 Å². The molecule has 0 fully saturated rings. The third-order valence-electron chi connectivity index (χ3n) is 2.04. The van der Waals surface area contributed by atoms with Gasteiger partial charge in [0, 0.05) is 11.4 Å². The number of carbonyl (C=O) groups is 2. The quantitative estimate of drug-likeness (QED) is 0.610. The third-order valence-corrected chi connectivity index (χ3v) is 2.92. The molecule has 1 heterocycles. The lowest BCUT2D eigenvalue weighted by molar-refractivity contribution is -0.380. The number of carbonyl (C=O) groups excluding carboxylic acids is 1. The topological polar surface area (TPSA) is 110 Å². The molecule has 0 aliphatic heterocycles. The fraction of sp³-hybridized carbons (Fsp3) is 0.333. The van der Waals surface area contributed by atoms with Gasteiger partial charge in [-0.2, -0.15) is 0 Å². The van der Waals surface area contributed by atoms with Gasteiger partial charge in [-0.15, -0.1) is 0 Å². The van der Waals surface area contributed by atoms with Crippen molar-refractivity contribution in [3.05, 3.63) is 27.1 Å². The van der Waals surface area contributed by atoms with E-state index in [2.05, 4.69) is 5.32 Å². The highest BCUT2D eigenvalue weighted by Crippen LogP contribution is 2.22. The first-order valence-corrected chi connectivity index (χ1v) is 5.60. The van der Waals surface area contributed by atoms with E-state index in [1.54, 1.807) is 6.92 Å². The fourth-order valence-electron chi connectivity index (χ4n) is 1.12. The van der Waals surface area contributed by atoms with Gasteiger partial charge >= 0.3 is 11.0 Å². The number of nitrogens with one attached hydrogen (secondary N) is 1. The lowest BCUT2D eigenvalue weighted by Gasteiger charge is -2.10. The Hall–Kier alpha value is -1.96. The molecule has 0 saturated carbocycles. The lowest BCUT2D eigenvalue weighted by atomic mass is 10.2. The predicted octanol–water partition coefficient (Wildman–Crippen LogP) is 1.25. The van der Waals surface area contributed by atoms with E-state index in [9.17, 15) is 19.7 Å². The van der Waals surface area contributed by atoms with E-state index in [0.717, 1.165) is 17.4 Å². The van der Waals surface area contributed by atoms with E-state index in [4.69, 9.17) is 5.11 Å². The number of carboxylic acid groups (broad SMARTS) is 1. The number of amides is 1. The van der Waals surface area contributed by atoms with Crippen LogP contribution in [-0.4, -0.2) is 27.9 Å². The molecule has 0 aromatic carbocycles. The zero-order chi connectivity index (χ0) is 13.0. The standard InChI is InChI=1S/C9H10N2O5S/c1-2-6(9(13)14)10-8(12)5-3-7(11(15)16)17-4-5/h3-4,6H,2H2,1H3,(H,10,12)(H,13,14). The summed E-state index contributed by atoms with van der Waals surface area (Å²) in [6.45, 7) is 1.62. The Balaban J connectivity index is 2.75. The number of rotatable bonds is 5. The minimum atomic E-state index is -1.13. The van der Waals surface area contributed by atoms with Crippen LogP contribution in [0.3, 0.4) is 0 Å². The summed E-state index contributed by atoms with van der Waals surface area (Å²) in [5.74, 6) is -1.76. The summed E-state index contributed by atoms with van der Waals surface area (Å²) >= 11 is 0.822. The second-order valence-electron chi connectivity index (χ2n) is 3.20. The normalized spacial score (nSPS) is 11.8. The fourth-order valence-corrected chi connectivity index (χ4v) is 1.82. The molecule has 0 spiro atoms. The molecule has 0 aliphatic rings. The molecule has 7 nitrogen and oxygen atoms in total. The molecule has 0 bridgehead atoms.